The van der Waals surface area contributed by atoms with Crippen molar-refractivity contribution >= 4 is 33.5 Å². The smallest absolute Gasteiger partial charge is 0.341 e. The molecule has 0 aliphatic carbocycles. The van der Waals surface area contributed by atoms with Crippen LogP contribution in [0.2, 0.25) is 5.02 Å². The average Bonchev–Trinajstić information content (AvgIpc) is 2.20. The molecule has 0 saturated heterocycles. The molecule has 0 fully saturated rings. The largest absolute Gasteiger partial charge is 0.462 e. The van der Waals surface area contributed by atoms with Crippen molar-refractivity contribution in [1.82, 2.24) is 0 Å². The molecule has 0 aliphatic rings. The van der Waals surface area contributed by atoms with Gasteiger partial charge in [0, 0.05) is 0 Å². The van der Waals surface area contributed by atoms with Gasteiger partial charge in [-0.05, 0) is 28.9 Å². The van der Waals surface area contributed by atoms with Gasteiger partial charge in [-0.3, -0.25) is 0 Å². The molecule has 0 unspecified atom stereocenters. The minimum Gasteiger partial charge on any atom is -0.462 e. The molecule has 0 aliphatic heterocycles. The van der Waals surface area contributed by atoms with E-state index in [1.165, 1.54) is 0 Å². The second kappa shape index (κ2) is 4.90. The summed E-state index contributed by atoms with van der Waals surface area (Å²) in [5.74, 6) is -2.93. The summed E-state index contributed by atoms with van der Waals surface area (Å²) in [5, 5.41) is -0.729. The van der Waals surface area contributed by atoms with Gasteiger partial charge in [0.15, 0.2) is 11.6 Å². The van der Waals surface area contributed by atoms with Crippen molar-refractivity contribution in [3.63, 3.8) is 0 Å². The van der Waals surface area contributed by atoms with E-state index in [1.807, 2.05) is 0 Å². The van der Waals surface area contributed by atoms with Crippen molar-refractivity contribution in [2.45, 2.75) is 6.92 Å². The molecule has 0 atom stereocenters. The second-order valence-electron chi connectivity index (χ2n) is 2.57. The molecule has 1 aromatic rings. The van der Waals surface area contributed by atoms with Crippen LogP contribution in [0.3, 0.4) is 0 Å². The van der Waals surface area contributed by atoms with Crippen LogP contribution in [-0.2, 0) is 4.74 Å². The predicted molar refractivity (Wildman–Crippen MR) is 55.0 cm³/mol. The Morgan fingerprint density at radius 3 is 2.67 bits per heavy atom. The van der Waals surface area contributed by atoms with Crippen molar-refractivity contribution < 1.29 is 18.3 Å². The molecule has 0 N–H and O–H groups in total. The molecule has 1 aromatic carbocycles. The molecule has 6 heteroatoms. The Kier molecular flexibility index (Phi) is 4.04. The van der Waals surface area contributed by atoms with E-state index >= 15 is 0 Å². The van der Waals surface area contributed by atoms with Crippen LogP contribution in [-0.4, -0.2) is 12.6 Å². The fraction of sp³-hybridized carbons (Fsp3) is 0.222. The van der Waals surface area contributed by atoms with Gasteiger partial charge in [-0.25, -0.2) is 13.6 Å². The van der Waals surface area contributed by atoms with E-state index < -0.39 is 28.2 Å². The van der Waals surface area contributed by atoms with Crippen LogP contribution in [0, 0.1) is 11.6 Å². The van der Waals surface area contributed by atoms with Gasteiger partial charge in [-0.15, -0.1) is 0 Å². The second-order valence-corrected chi connectivity index (χ2v) is 3.80. The number of benzene rings is 1. The number of carbonyl (C=O) groups is 1. The SMILES string of the molecule is CCOC(=O)c1cc(Br)c(F)c(Cl)c1F. The molecular weight excluding hydrogens is 293 g/mol. The quantitative estimate of drug-likeness (QED) is 0.474. The number of hydrogen-bond donors (Lipinski definition) is 0. The maximum absolute atomic E-state index is 13.3. The van der Waals surface area contributed by atoms with Crippen LogP contribution in [0.25, 0.3) is 0 Å². The van der Waals surface area contributed by atoms with E-state index in [9.17, 15) is 13.6 Å². The third-order valence-electron chi connectivity index (χ3n) is 1.60. The summed E-state index contributed by atoms with van der Waals surface area (Å²) in [7, 11) is 0. The summed E-state index contributed by atoms with van der Waals surface area (Å²) in [5.41, 5.74) is -0.393. The number of carbonyl (C=O) groups excluding carboxylic acids is 1. The zero-order valence-electron chi connectivity index (χ0n) is 7.61. The maximum Gasteiger partial charge on any atom is 0.341 e. The summed E-state index contributed by atoms with van der Waals surface area (Å²) < 4.78 is 30.9. The minimum atomic E-state index is -1.11. The van der Waals surface area contributed by atoms with E-state index in [-0.39, 0.29) is 11.1 Å². The molecule has 0 aromatic heterocycles. The minimum absolute atomic E-state index is 0.0862. The molecule has 0 saturated carbocycles. The first-order chi connectivity index (χ1) is 6.99. The third kappa shape index (κ3) is 2.46. The maximum atomic E-state index is 13.3. The van der Waals surface area contributed by atoms with E-state index in [0.717, 1.165) is 6.07 Å². The monoisotopic (exact) mass is 298 g/mol. The van der Waals surface area contributed by atoms with Gasteiger partial charge in [0.1, 0.15) is 5.02 Å². The van der Waals surface area contributed by atoms with E-state index in [2.05, 4.69) is 20.7 Å². The summed E-state index contributed by atoms with van der Waals surface area (Å²) in [4.78, 5) is 11.2. The Hall–Kier alpha value is -0.680. The first kappa shape index (κ1) is 12.4. The normalized spacial score (nSPS) is 10.2. The molecule has 82 valence electrons. The molecule has 2 nitrogen and oxygen atoms in total. The Morgan fingerprint density at radius 1 is 1.53 bits per heavy atom. The number of rotatable bonds is 2. The van der Waals surface area contributed by atoms with Gasteiger partial charge in [0.05, 0.1) is 16.6 Å². The lowest BCUT2D eigenvalue weighted by atomic mass is 10.2. The molecule has 0 amide bonds. The van der Waals surface area contributed by atoms with Gasteiger partial charge in [-0.1, -0.05) is 11.6 Å². The highest BCUT2D eigenvalue weighted by molar-refractivity contribution is 9.10. The predicted octanol–water partition coefficient (Wildman–Crippen LogP) is 3.56. The molecule has 1 rings (SSSR count). The van der Waals surface area contributed by atoms with Crippen molar-refractivity contribution in [1.29, 1.82) is 0 Å². The van der Waals surface area contributed by atoms with Gasteiger partial charge >= 0.3 is 5.97 Å². The molecule has 15 heavy (non-hydrogen) atoms. The Labute approximate surface area is 98.3 Å². The van der Waals surface area contributed by atoms with Gasteiger partial charge in [-0.2, -0.15) is 0 Å². The zero-order valence-corrected chi connectivity index (χ0v) is 9.95. The van der Waals surface area contributed by atoms with E-state index in [1.54, 1.807) is 6.92 Å². The van der Waals surface area contributed by atoms with Gasteiger partial charge < -0.3 is 4.74 Å². The topological polar surface area (TPSA) is 26.3 Å². The first-order valence-corrected chi connectivity index (χ1v) is 5.16. The Morgan fingerprint density at radius 2 is 2.13 bits per heavy atom. The lowest BCUT2D eigenvalue weighted by Gasteiger charge is -2.06. The van der Waals surface area contributed by atoms with Crippen LogP contribution in [0.15, 0.2) is 10.5 Å². The summed E-state index contributed by atoms with van der Waals surface area (Å²) in [6.07, 6.45) is 0. The summed E-state index contributed by atoms with van der Waals surface area (Å²) in [6.45, 7) is 1.68. The number of ether oxygens (including phenoxy) is 1. The third-order valence-corrected chi connectivity index (χ3v) is 2.51. The van der Waals surface area contributed by atoms with Crippen LogP contribution < -0.4 is 0 Å². The Balaban J connectivity index is 3.26. The van der Waals surface area contributed by atoms with Crippen molar-refractivity contribution in [2.24, 2.45) is 0 Å². The molecule has 0 bridgehead atoms. The molecule has 0 heterocycles. The van der Waals surface area contributed by atoms with Crippen LogP contribution in [0.4, 0.5) is 8.78 Å². The lowest BCUT2D eigenvalue weighted by molar-refractivity contribution is 0.0521. The standard InChI is InChI=1S/C9H6BrClF2O2/c1-2-15-9(14)4-3-5(10)8(13)6(11)7(4)12/h3H,2H2,1H3. The van der Waals surface area contributed by atoms with Crippen LogP contribution in [0.5, 0.6) is 0 Å². The molecule has 0 radical (unpaired) electrons. The van der Waals surface area contributed by atoms with Crippen LogP contribution >= 0.6 is 27.5 Å². The molecule has 0 spiro atoms. The Bertz CT molecular complexity index is 410. The highest BCUT2D eigenvalue weighted by Gasteiger charge is 2.21. The number of halogens is 4. The average molecular weight is 299 g/mol. The highest BCUT2D eigenvalue weighted by Crippen LogP contribution is 2.29. The molecular formula is C9H6BrClF2O2. The van der Waals surface area contributed by atoms with Gasteiger partial charge in [0.25, 0.3) is 0 Å². The van der Waals surface area contributed by atoms with Crippen molar-refractivity contribution in [2.75, 3.05) is 6.61 Å². The lowest BCUT2D eigenvalue weighted by Crippen LogP contribution is -2.08. The summed E-state index contributed by atoms with van der Waals surface area (Å²) >= 11 is 8.16. The first-order valence-electron chi connectivity index (χ1n) is 3.99. The zero-order chi connectivity index (χ0) is 11.6. The van der Waals surface area contributed by atoms with Crippen LogP contribution in [0.1, 0.15) is 17.3 Å². The highest BCUT2D eigenvalue weighted by atomic mass is 79.9. The van der Waals surface area contributed by atoms with Gasteiger partial charge in [0.2, 0.25) is 0 Å². The van der Waals surface area contributed by atoms with E-state index in [0.29, 0.717) is 0 Å². The number of esters is 1. The van der Waals surface area contributed by atoms with Crippen molar-refractivity contribution in [3.05, 3.63) is 32.8 Å². The number of hydrogen-bond acceptors (Lipinski definition) is 2. The summed E-state index contributed by atoms with van der Waals surface area (Å²) in [6, 6.07) is 0.995. The van der Waals surface area contributed by atoms with E-state index in [4.69, 9.17) is 11.6 Å². The fourth-order valence-corrected chi connectivity index (χ4v) is 1.68. The van der Waals surface area contributed by atoms with Crippen molar-refractivity contribution in [3.8, 4) is 0 Å². The fourth-order valence-electron chi connectivity index (χ4n) is 0.930.